The second-order valence-electron chi connectivity index (χ2n) is 7.90. The van der Waals surface area contributed by atoms with Gasteiger partial charge in [-0.2, -0.15) is 11.8 Å². The molecule has 1 amide bonds. The lowest BCUT2D eigenvalue weighted by atomic mass is 9.79. The van der Waals surface area contributed by atoms with Crippen molar-refractivity contribution in [2.75, 3.05) is 42.6 Å². The molecule has 0 unspecified atom stereocenters. The van der Waals surface area contributed by atoms with E-state index in [0.29, 0.717) is 17.7 Å². The molecular formula is C20H26N4OS2. The van der Waals surface area contributed by atoms with Crippen LogP contribution in [0.1, 0.15) is 30.3 Å². The number of nitrogens with one attached hydrogen (secondary N) is 1. The fraction of sp³-hybridized carbons (Fsp3) is 0.600. The van der Waals surface area contributed by atoms with Crippen molar-refractivity contribution in [2.45, 2.75) is 31.8 Å². The number of carbonyl (C=O) groups is 1. The van der Waals surface area contributed by atoms with Gasteiger partial charge in [0.2, 0.25) is 0 Å². The van der Waals surface area contributed by atoms with Crippen molar-refractivity contribution in [3.8, 4) is 0 Å². The average Bonchev–Trinajstić information content (AvgIpc) is 3.15. The topological polar surface area (TPSA) is 48.5 Å². The maximum atomic E-state index is 12.9. The van der Waals surface area contributed by atoms with Crippen LogP contribution >= 0.6 is 23.1 Å². The first-order valence-corrected chi connectivity index (χ1v) is 11.9. The maximum absolute atomic E-state index is 12.9. The molecule has 27 heavy (non-hydrogen) atoms. The van der Waals surface area contributed by atoms with Crippen molar-refractivity contribution in [2.24, 2.45) is 5.92 Å². The Morgan fingerprint density at radius 3 is 2.70 bits per heavy atom. The Balaban J connectivity index is 1.34. The molecule has 2 bridgehead atoms. The number of anilines is 1. The summed E-state index contributed by atoms with van der Waals surface area (Å²) in [5.74, 6) is 2.98. The fourth-order valence-electron chi connectivity index (χ4n) is 4.75. The van der Waals surface area contributed by atoms with E-state index in [1.165, 1.54) is 42.4 Å². The summed E-state index contributed by atoms with van der Waals surface area (Å²) in [5, 5.41) is 5.74. The first kappa shape index (κ1) is 17.8. The number of amides is 1. The van der Waals surface area contributed by atoms with Crippen molar-refractivity contribution in [3.63, 3.8) is 0 Å². The highest BCUT2D eigenvalue weighted by molar-refractivity contribution is 7.99. The van der Waals surface area contributed by atoms with Gasteiger partial charge in [-0.3, -0.25) is 14.7 Å². The molecule has 2 atom stereocenters. The van der Waals surface area contributed by atoms with Crippen LogP contribution in [0.3, 0.4) is 0 Å². The quantitative estimate of drug-likeness (QED) is 0.855. The summed E-state index contributed by atoms with van der Waals surface area (Å²) in [5.41, 5.74) is 0.550. The first-order chi connectivity index (χ1) is 13.2. The average molecular weight is 403 g/mol. The number of rotatable bonds is 3. The van der Waals surface area contributed by atoms with Gasteiger partial charge in [0, 0.05) is 53.0 Å². The maximum Gasteiger partial charge on any atom is 0.270 e. The van der Waals surface area contributed by atoms with Gasteiger partial charge in [0.05, 0.1) is 5.00 Å². The summed E-state index contributed by atoms with van der Waals surface area (Å²) >= 11 is 3.80. The SMILES string of the molecule is C[C@H]1[C@H](NC(=O)c2cc3sc(N4CCSCC4)cc3cn2)C2CCN1CC2. The smallest absolute Gasteiger partial charge is 0.270 e. The fourth-order valence-corrected chi connectivity index (χ4v) is 6.78. The zero-order valence-corrected chi connectivity index (χ0v) is 17.3. The second kappa shape index (κ2) is 7.26. The highest BCUT2D eigenvalue weighted by atomic mass is 32.2. The molecule has 7 heteroatoms. The number of aromatic nitrogens is 1. The summed E-state index contributed by atoms with van der Waals surface area (Å²) in [6.07, 6.45) is 4.26. The Hall–Kier alpha value is -1.31. The van der Waals surface area contributed by atoms with Gasteiger partial charge in [-0.25, -0.2) is 0 Å². The van der Waals surface area contributed by atoms with Gasteiger partial charge in [0.25, 0.3) is 5.91 Å². The van der Waals surface area contributed by atoms with Crippen LogP contribution in [0.15, 0.2) is 18.3 Å². The molecule has 0 aromatic carbocycles. The highest BCUT2D eigenvalue weighted by Crippen LogP contribution is 2.34. The van der Waals surface area contributed by atoms with E-state index in [0.717, 1.165) is 23.2 Å². The molecule has 0 aliphatic carbocycles. The highest BCUT2D eigenvalue weighted by Gasteiger charge is 2.40. The third-order valence-electron chi connectivity index (χ3n) is 6.42. The molecule has 2 aromatic heterocycles. The molecule has 0 radical (unpaired) electrons. The van der Waals surface area contributed by atoms with E-state index in [2.05, 4.69) is 33.1 Å². The van der Waals surface area contributed by atoms with Crippen LogP contribution in [0.2, 0.25) is 0 Å². The van der Waals surface area contributed by atoms with E-state index in [1.807, 2.05) is 24.0 Å². The van der Waals surface area contributed by atoms with Gasteiger partial charge in [0.1, 0.15) is 5.69 Å². The van der Waals surface area contributed by atoms with E-state index < -0.39 is 0 Å². The predicted molar refractivity (Wildman–Crippen MR) is 114 cm³/mol. The van der Waals surface area contributed by atoms with Crippen LogP contribution in [0.4, 0.5) is 5.00 Å². The third-order valence-corrected chi connectivity index (χ3v) is 8.52. The number of fused-ring (bicyclic) bond motifs is 4. The van der Waals surface area contributed by atoms with Gasteiger partial charge >= 0.3 is 0 Å². The number of thiophene rings is 1. The molecule has 144 valence electrons. The molecule has 6 rings (SSSR count). The first-order valence-electron chi connectivity index (χ1n) is 9.96. The molecular weight excluding hydrogens is 376 g/mol. The van der Waals surface area contributed by atoms with Gasteiger partial charge in [-0.1, -0.05) is 0 Å². The molecule has 4 fully saturated rings. The number of carbonyl (C=O) groups excluding carboxylic acids is 1. The minimum atomic E-state index is -0.0215. The Kier molecular flexibility index (Phi) is 4.78. The summed E-state index contributed by atoms with van der Waals surface area (Å²) in [6, 6.07) is 4.88. The zero-order chi connectivity index (χ0) is 18.4. The Labute approximate surface area is 168 Å². The number of piperidine rings is 3. The minimum absolute atomic E-state index is 0.0215. The largest absolute Gasteiger partial charge is 0.362 e. The molecule has 4 aliphatic rings. The molecule has 6 heterocycles. The number of pyridine rings is 1. The van der Waals surface area contributed by atoms with Crippen LogP contribution in [-0.4, -0.2) is 65.6 Å². The van der Waals surface area contributed by atoms with Gasteiger partial charge in [-0.15, -0.1) is 11.3 Å². The van der Waals surface area contributed by atoms with Crippen LogP contribution in [0.5, 0.6) is 0 Å². The molecule has 0 spiro atoms. The van der Waals surface area contributed by atoms with Gasteiger partial charge in [0.15, 0.2) is 0 Å². The van der Waals surface area contributed by atoms with E-state index in [9.17, 15) is 4.79 Å². The van der Waals surface area contributed by atoms with Crippen LogP contribution in [-0.2, 0) is 0 Å². The predicted octanol–water partition coefficient (Wildman–Crippen LogP) is 3.06. The number of thioether (sulfide) groups is 1. The molecule has 5 nitrogen and oxygen atoms in total. The molecule has 0 saturated carbocycles. The molecule has 2 aromatic rings. The minimum Gasteiger partial charge on any atom is -0.362 e. The van der Waals surface area contributed by atoms with Crippen LogP contribution in [0.25, 0.3) is 10.1 Å². The van der Waals surface area contributed by atoms with Crippen molar-refractivity contribution < 1.29 is 4.79 Å². The molecule has 4 aliphatic heterocycles. The van der Waals surface area contributed by atoms with E-state index in [1.54, 1.807) is 11.3 Å². The number of hydrogen-bond donors (Lipinski definition) is 1. The van der Waals surface area contributed by atoms with Crippen LogP contribution < -0.4 is 10.2 Å². The van der Waals surface area contributed by atoms with E-state index >= 15 is 0 Å². The lowest BCUT2D eigenvalue weighted by Crippen LogP contribution is -2.62. The monoisotopic (exact) mass is 402 g/mol. The number of hydrogen-bond acceptors (Lipinski definition) is 6. The van der Waals surface area contributed by atoms with Gasteiger partial charge < -0.3 is 10.2 Å². The Morgan fingerprint density at radius 2 is 1.96 bits per heavy atom. The third kappa shape index (κ3) is 3.34. The summed E-state index contributed by atoms with van der Waals surface area (Å²) < 4.78 is 1.16. The van der Waals surface area contributed by atoms with E-state index in [-0.39, 0.29) is 11.9 Å². The van der Waals surface area contributed by atoms with Gasteiger partial charge in [-0.05, 0) is 50.9 Å². The normalized spacial score (nSPS) is 30.6. The van der Waals surface area contributed by atoms with Crippen molar-refractivity contribution in [3.05, 3.63) is 24.0 Å². The zero-order valence-electron chi connectivity index (χ0n) is 15.7. The van der Waals surface area contributed by atoms with Crippen molar-refractivity contribution in [1.29, 1.82) is 0 Å². The standard InChI is InChI=1S/C20H26N4OS2/c1-13-19(14-2-4-23(13)5-3-14)22-20(25)16-11-17-15(12-21-16)10-18(27-17)24-6-8-26-9-7-24/h10-14,19H,2-9H2,1H3,(H,22,25)/t13-,19-/m0/s1. The lowest BCUT2D eigenvalue weighted by Gasteiger charge is -2.49. The number of nitrogens with zero attached hydrogens (tertiary/aromatic N) is 3. The van der Waals surface area contributed by atoms with Crippen molar-refractivity contribution >= 4 is 44.1 Å². The molecule has 4 saturated heterocycles. The summed E-state index contributed by atoms with van der Waals surface area (Å²) in [6.45, 7) is 6.81. The van der Waals surface area contributed by atoms with Crippen molar-refractivity contribution in [1.82, 2.24) is 15.2 Å². The Bertz CT molecular complexity index is 838. The van der Waals surface area contributed by atoms with E-state index in [4.69, 9.17) is 0 Å². The summed E-state index contributed by atoms with van der Waals surface area (Å²) in [4.78, 5) is 22.3. The second-order valence-corrected chi connectivity index (χ2v) is 10.2. The molecule has 1 N–H and O–H groups in total. The van der Waals surface area contributed by atoms with Crippen LogP contribution in [0, 0.1) is 5.92 Å². The lowest BCUT2D eigenvalue weighted by molar-refractivity contribution is 0.0216. The Morgan fingerprint density at radius 1 is 1.19 bits per heavy atom. The summed E-state index contributed by atoms with van der Waals surface area (Å²) in [7, 11) is 0.